The molecule has 4 heteroatoms. The van der Waals surface area contributed by atoms with E-state index in [0.29, 0.717) is 39.6 Å². The van der Waals surface area contributed by atoms with Crippen LogP contribution in [0.15, 0.2) is 25.3 Å². The molecule has 0 saturated heterocycles. The van der Waals surface area contributed by atoms with E-state index in [1.54, 1.807) is 12.2 Å². The topological polar surface area (TPSA) is 36.9 Å². The minimum absolute atomic E-state index is 0.273. The first kappa shape index (κ1) is 14.3. The molecule has 0 radical (unpaired) electrons. The summed E-state index contributed by atoms with van der Waals surface area (Å²) in [6.07, 6.45) is 3.40. The first-order chi connectivity index (χ1) is 7.41. The average Bonchev–Trinajstić information content (AvgIpc) is 2.26. The number of rotatable bonds is 12. The van der Waals surface area contributed by atoms with Crippen molar-refractivity contribution in [1.82, 2.24) is 0 Å². The van der Waals surface area contributed by atoms with Gasteiger partial charge in [0.25, 0.3) is 0 Å². The molecule has 0 aliphatic rings. The molecule has 0 aliphatic carbocycles. The van der Waals surface area contributed by atoms with E-state index >= 15 is 0 Å². The van der Waals surface area contributed by atoms with E-state index in [1.165, 1.54) is 0 Å². The maximum Gasteiger partial charge on any atom is 0.146 e. The fourth-order valence-electron chi connectivity index (χ4n) is 0.746. The van der Waals surface area contributed by atoms with Gasteiger partial charge in [0.2, 0.25) is 0 Å². The van der Waals surface area contributed by atoms with Crippen molar-refractivity contribution in [3.63, 3.8) is 0 Å². The molecule has 0 atom stereocenters. The van der Waals surface area contributed by atoms with E-state index in [4.69, 9.17) is 18.9 Å². The Morgan fingerprint density at radius 3 is 1.47 bits per heavy atom. The van der Waals surface area contributed by atoms with Gasteiger partial charge < -0.3 is 18.9 Å². The smallest absolute Gasteiger partial charge is 0.146 e. The van der Waals surface area contributed by atoms with Gasteiger partial charge in [-0.25, -0.2) is 0 Å². The second kappa shape index (κ2) is 13.3. The Kier molecular flexibility index (Phi) is 12.7. The SMILES string of the molecule is C=CCOCCOCOCCOCC=C. The van der Waals surface area contributed by atoms with E-state index in [-0.39, 0.29) is 6.79 Å². The highest BCUT2D eigenvalue weighted by molar-refractivity contribution is 4.63. The van der Waals surface area contributed by atoms with Crippen molar-refractivity contribution in [2.24, 2.45) is 0 Å². The molecular formula is C11H20O4. The summed E-state index contributed by atoms with van der Waals surface area (Å²) in [5, 5.41) is 0. The van der Waals surface area contributed by atoms with Crippen molar-refractivity contribution in [1.29, 1.82) is 0 Å². The molecule has 0 aromatic rings. The van der Waals surface area contributed by atoms with Crippen LogP contribution in [0, 0.1) is 0 Å². The molecule has 0 aromatic carbocycles. The van der Waals surface area contributed by atoms with E-state index in [0.717, 1.165) is 0 Å². The van der Waals surface area contributed by atoms with Gasteiger partial charge in [-0.05, 0) is 0 Å². The fourth-order valence-corrected chi connectivity index (χ4v) is 0.746. The second-order valence-electron chi connectivity index (χ2n) is 2.66. The van der Waals surface area contributed by atoms with Crippen LogP contribution in [0.2, 0.25) is 0 Å². The van der Waals surface area contributed by atoms with Crippen LogP contribution in [0.5, 0.6) is 0 Å². The van der Waals surface area contributed by atoms with Crippen LogP contribution in [-0.2, 0) is 18.9 Å². The summed E-state index contributed by atoms with van der Waals surface area (Å²) in [7, 11) is 0. The molecule has 0 spiro atoms. The molecule has 4 nitrogen and oxygen atoms in total. The summed E-state index contributed by atoms with van der Waals surface area (Å²) >= 11 is 0. The maximum absolute atomic E-state index is 5.13. The van der Waals surface area contributed by atoms with Gasteiger partial charge >= 0.3 is 0 Å². The molecule has 15 heavy (non-hydrogen) atoms. The van der Waals surface area contributed by atoms with E-state index in [9.17, 15) is 0 Å². The normalized spacial score (nSPS) is 10.1. The van der Waals surface area contributed by atoms with Crippen molar-refractivity contribution in [2.45, 2.75) is 0 Å². The van der Waals surface area contributed by atoms with Gasteiger partial charge in [0.15, 0.2) is 0 Å². The molecule has 0 N–H and O–H groups in total. The molecule has 0 amide bonds. The highest BCUT2D eigenvalue weighted by atomic mass is 16.7. The summed E-state index contributed by atoms with van der Waals surface area (Å²) in [4.78, 5) is 0. The van der Waals surface area contributed by atoms with Crippen LogP contribution in [-0.4, -0.2) is 46.4 Å². The van der Waals surface area contributed by atoms with Crippen molar-refractivity contribution >= 4 is 0 Å². The third-order valence-electron chi connectivity index (χ3n) is 1.38. The lowest BCUT2D eigenvalue weighted by Crippen LogP contribution is -2.10. The van der Waals surface area contributed by atoms with Gasteiger partial charge in [0.05, 0.1) is 39.6 Å². The Bertz CT molecular complexity index is 132. The zero-order valence-corrected chi connectivity index (χ0v) is 9.15. The molecule has 0 aromatic heterocycles. The number of hydrogen-bond acceptors (Lipinski definition) is 4. The van der Waals surface area contributed by atoms with Gasteiger partial charge in [0.1, 0.15) is 6.79 Å². The van der Waals surface area contributed by atoms with Crippen molar-refractivity contribution in [3.05, 3.63) is 25.3 Å². The summed E-state index contributed by atoms with van der Waals surface area (Å²) < 4.78 is 20.5. The minimum atomic E-state index is 0.273. The minimum Gasteiger partial charge on any atom is -0.375 e. The quantitative estimate of drug-likeness (QED) is 0.280. The summed E-state index contributed by atoms with van der Waals surface area (Å²) in [5.74, 6) is 0. The van der Waals surface area contributed by atoms with Gasteiger partial charge in [0, 0.05) is 0 Å². The largest absolute Gasteiger partial charge is 0.375 e. The first-order valence-corrected chi connectivity index (χ1v) is 4.94. The van der Waals surface area contributed by atoms with Gasteiger partial charge in [-0.15, -0.1) is 13.2 Å². The molecule has 0 fully saturated rings. The second-order valence-corrected chi connectivity index (χ2v) is 2.66. The monoisotopic (exact) mass is 216 g/mol. The van der Waals surface area contributed by atoms with Crippen molar-refractivity contribution in [2.75, 3.05) is 46.4 Å². The van der Waals surface area contributed by atoms with Gasteiger partial charge in [-0.2, -0.15) is 0 Å². The highest BCUT2D eigenvalue weighted by Crippen LogP contribution is 1.83. The lowest BCUT2D eigenvalue weighted by molar-refractivity contribution is -0.0787. The average molecular weight is 216 g/mol. The van der Waals surface area contributed by atoms with Crippen LogP contribution in [0.4, 0.5) is 0 Å². The molecule has 0 rings (SSSR count). The number of ether oxygens (including phenoxy) is 4. The van der Waals surface area contributed by atoms with Gasteiger partial charge in [-0.3, -0.25) is 0 Å². The summed E-state index contributed by atoms with van der Waals surface area (Å²) in [6, 6.07) is 0. The van der Waals surface area contributed by atoms with E-state index < -0.39 is 0 Å². The zero-order chi connectivity index (χ0) is 11.2. The summed E-state index contributed by atoms with van der Waals surface area (Å²) in [5.41, 5.74) is 0. The molecule has 0 bridgehead atoms. The lowest BCUT2D eigenvalue weighted by atomic mass is 10.7. The molecule has 0 heterocycles. The van der Waals surface area contributed by atoms with Gasteiger partial charge in [-0.1, -0.05) is 12.2 Å². The van der Waals surface area contributed by atoms with Crippen LogP contribution in [0.3, 0.4) is 0 Å². The highest BCUT2D eigenvalue weighted by Gasteiger charge is 1.89. The van der Waals surface area contributed by atoms with Crippen LogP contribution < -0.4 is 0 Å². The third-order valence-corrected chi connectivity index (χ3v) is 1.38. The molecule has 88 valence electrons. The lowest BCUT2D eigenvalue weighted by Gasteiger charge is -2.05. The predicted octanol–water partition coefficient (Wildman–Crippen LogP) is 1.38. The summed E-state index contributed by atoms with van der Waals surface area (Å²) in [6.45, 7) is 10.6. The first-order valence-electron chi connectivity index (χ1n) is 4.94. The molecular weight excluding hydrogens is 196 g/mol. The number of hydrogen-bond donors (Lipinski definition) is 0. The standard InChI is InChI=1S/C11H20O4/c1-3-5-12-7-9-14-11-15-10-8-13-6-4-2/h3-4H,1-2,5-11H2. The van der Waals surface area contributed by atoms with Crippen molar-refractivity contribution < 1.29 is 18.9 Å². The Morgan fingerprint density at radius 1 is 0.667 bits per heavy atom. The Hall–Kier alpha value is -0.680. The van der Waals surface area contributed by atoms with Crippen LogP contribution >= 0.6 is 0 Å². The maximum atomic E-state index is 5.13. The van der Waals surface area contributed by atoms with E-state index in [1.807, 2.05) is 0 Å². The zero-order valence-electron chi connectivity index (χ0n) is 9.15. The van der Waals surface area contributed by atoms with Crippen LogP contribution in [0.1, 0.15) is 0 Å². The Labute approximate surface area is 91.5 Å². The van der Waals surface area contributed by atoms with Crippen molar-refractivity contribution in [3.8, 4) is 0 Å². The Balaban J connectivity index is 2.86. The molecule has 0 saturated carbocycles. The molecule has 0 aliphatic heterocycles. The van der Waals surface area contributed by atoms with E-state index in [2.05, 4.69) is 13.2 Å². The predicted molar refractivity (Wildman–Crippen MR) is 58.8 cm³/mol. The fraction of sp³-hybridized carbons (Fsp3) is 0.636. The third kappa shape index (κ3) is 13.3. The molecule has 0 unspecified atom stereocenters. The Morgan fingerprint density at radius 2 is 1.07 bits per heavy atom. The van der Waals surface area contributed by atoms with Crippen LogP contribution in [0.25, 0.3) is 0 Å².